The van der Waals surface area contributed by atoms with Crippen LogP contribution in [0.2, 0.25) is 19.1 Å². The van der Waals surface area contributed by atoms with Crippen LogP contribution in [0.15, 0.2) is 24.3 Å². The van der Waals surface area contributed by atoms with Crippen LogP contribution in [0.3, 0.4) is 0 Å². The third-order valence-electron chi connectivity index (χ3n) is 11.2. The molecule has 2 aliphatic carbocycles. The van der Waals surface area contributed by atoms with Crippen LogP contribution >= 0.6 is 0 Å². The van der Waals surface area contributed by atoms with Crippen LogP contribution in [0, 0.1) is 29.6 Å². The maximum absolute atomic E-state index is 11.5. The molecule has 2 saturated carbocycles. The number of benzene rings is 1. The SMILES string of the molecule is CCCCCC1CCC(C2CCC(c3ccc([Si](C)(C)CCCC(CO)COCC4CC(=O)OC(=O)C4)cc3)CC2)CC1. The Hall–Kier alpha value is -1.50. The summed E-state index contributed by atoms with van der Waals surface area (Å²) >= 11 is 0. The number of rotatable bonds is 16. The summed E-state index contributed by atoms with van der Waals surface area (Å²) in [5, 5.41) is 11.4. The van der Waals surface area contributed by atoms with E-state index >= 15 is 0 Å². The summed E-state index contributed by atoms with van der Waals surface area (Å²) in [5.74, 6) is 2.79. The van der Waals surface area contributed by atoms with Gasteiger partial charge in [-0.1, -0.05) is 100 Å². The van der Waals surface area contributed by atoms with Crippen molar-refractivity contribution < 1.29 is 24.2 Å². The standard InChI is InChI=1S/C37H60O5Si/c1-4-5-6-8-28-10-12-31(13-11-28)32-14-16-33(17-15-32)34-18-20-35(21-19-34)43(2,3)22-7-9-29(25-38)26-41-27-30-23-36(39)42-37(40)24-30/h18-21,28-33,38H,4-17,22-27H2,1-3H3. The minimum absolute atomic E-state index is 0.0920. The van der Waals surface area contributed by atoms with E-state index in [4.69, 9.17) is 4.74 Å². The zero-order chi connectivity index (χ0) is 30.7. The lowest BCUT2D eigenvalue weighted by Crippen LogP contribution is -2.41. The van der Waals surface area contributed by atoms with Crippen molar-refractivity contribution in [1.29, 1.82) is 0 Å². The monoisotopic (exact) mass is 612 g/mol. The molecule has 43 heavy (non-hydrogen) atoms. The van der Waals surface area contributed by atoms with Crippen molar-refractivity contribution in [1.82, 2.24) is 0 Å². The van der Waals surface area contributed by atoms with Crippen LogP contribution in [-0.4, -0.2) is 44.9 Å². The highest BCUT2D eigenvalue weighted by Crippen LogP contribution is 2.44. The van der Waals surface area contributed by atoms with E-state index in [0.29, 0.717) is 13.2 Å². The Labute approximate surface area is 262 Å². The van der Waals surface area contributed by atoms with Crippen molar-refractivity contribution in [2.75, 3.05) is 19.8 Å². The number of carbonyl (C=O) groups excluding carboxylic acids is 2. The topological polar surface area (TPSA) is 72.8 Å². The third-order valence-corrected chi connectivity index (χ3v) is 14.7. The predicted molar refractivity (Wildman–Crippen MR) is 177 cm³/mol. The maximum atomic E-state index is 11.5. The molecule has 1 aromatic rings. The van der Waals surface area contributed by atoms with Crippen molar-refractivity contribution in [2.45, 2.75) is 135 Å². The largest absolute Gasteiger partial charge is 0.396 e. The van der Waals surface area contributed by atoms with Gasteiger partial charge in [-0.2, -0.15) is 0 Å². The lowest BCUT2D eigenvalue weighted by molar-refractivity contribution is -0.166. The molecular weight excluding hydrogens is 552 g/mol. The molecule has 1 heterocycles. The first-order valence-electron chi connectivity index (χ1n) is 17.8. The van der Waals surface area contributed by atoms with Gasteiger partial charge in [0.25, 0.3) is 0 Å². The molecule has 1 saturated heterocycles. The molecule has 0 aromatic heterocycles. The highest BCUT2D eigenvalue weighted by Gasteiger charge is 2.32. The number of aliphatic hydroxyl groups excluding tert-OH is 1. The van der Waals surface area contributed by atoms with Crippen LogP contribution in [0.1, 0.15) is 121 Å². The first-order valence-corrected chi connectivity index (χ1v) is 21.0. The average Bonchev–Trinajstić information content (AvgIpc) is 3.00. The summed E-state index contributed by atoms with van der Waals surface area (Å²) in [4.78, 5) is 22.9. The smallest absolute Gasteiger partial charge is 0.313 e. The number of carbonyl (C=O) groups is 2. The highest BCUT2D eigenvalue weighted by molar-refractivity contribution is 6.89. The van der Waals surface area contributed by atoms with Gasteiger partial charge in [-0.15, -0.1) is 0 Å². The van der Waals surface area contributed by atoms with Crippen molar-refractivity contribution in [2.24, 2.45) is 29.6 Å². The molecule has 4 rings (SSSR count). The van der Waals surface area contributed by atoms with E-state index in [0.717, 1.165) is 36.5 Å². The van der Waals surface area contributed by atoms with Gasteiger partial charge in [0.15, 0.2) is 0 Å². The lowest BCUT2D eigenvalue weighted by Gasteiger charge is -2.38. The summed E-state index contributed by atoms with van der Waals surface area (Å²) < 4.78 is 10.4. The van der Waals surface area contributed by atoms with Gasteiger partial charge in [0.1, 0.15) is 0 Å². The first-order chi connectivity index (χ1) is 20.8. The minimum Gasteiger partial charge on any atom is -0.396 e. The normalized spacial score (nSPS) is 26.3. The van der Waals surface area contributed by atoms with Crippen molar-refractivity contribution >= 4 is 25.2 Å². The number of hydrogen-bond donors (Lipinski definition) is 1. The molecule has 0 bridgehead atoms. The van der Waals surface area contributed by atoms with Crippen LogP contribution in [0.25, 0.3) is 0 Å². The van der Waals surface area contributed by atoms with Gasteiger partial charge >= 0.3 is 11.9 Å². The number of aliphatic hydroxyl groups is 1. The molecule has 1 atom stereocenters. The number of hydrogen-bond acceptors (Lipinski definition) is 5. The van der Waals surface area contributed by atoms with E-state index in [1.54, 1.807) is 5.56 Å². The molecule has 1 aliphatic heterocycles. The number of cyclic esters (lactones) is 2. The Balaban J connectivity index is 1.14. The molecule has 1 N–H and O–H groups in total. The Morgan fingerprint density at radius 3 is 2.09 bits per heavy atom. The predicted octanol–water partition coefficient (Wildman–Crippen LogP) is 8.15. The maximum Gasteiger partial charge on any atom is 0.313 e. The number of unbranched alkanes of at least 4 members (excludes halogenated alkanes) is 2. The fourth-order valence-corrected chi connectivity index (χ4v) is 10.7. The van der Waals surface area contributed by atoms with E-state index in [1.165, 1.54) is 88.3 Å². The Morgan fingerprint density at radius 2 is 1.49 bits per heavy atom. The zero-order valence-electron chi connectivity index (χ0n) is 27.5. The molecule has 0 amide bonds. The molecule has 5 nitrogen and oxygen atoms in total. The first kappa shape index (κ1) is 34.4. The van der Waals surface area contributed by atoms with E-state index in [-0.39, 0.29) is 31.3 Å². The van der Waals surface area contributed by atoms with Gasteiger partial charge in [-0.25, -0.2) is 0 Å². The minimum atomic E-state index is -1.57. The van der Waals surface area contributed by atoms with Gasteiger partial charge in [0, 0.05) is 18.4 Å². The molecule has 0 spiro atoms. The third kappa shape index (κ3) is 10.8. The number of ether oxygens (including phenoxy) is 2. The Morgan fingerprint density at radius 1 is 0.860 bits per heavy atom. The van der Waals surface area contributed by atoms with Gasteiger partial charge in [0.2, 0.25) is 0 Å². The summed E-state index contributed by atoms with van der Waals surface area (Å²) in [5.41, 5.74) is 1.55. The summed E-state index contributed by atoms with van der Waals surface area (Å²) in [6, 6.07) is 10.9. The van der Waals surface area contributed by atoms with Gasteiger partial charge in [-0.3, -0.25) is 9.59 Å². The second kappa shape index (κ2) is 17.3. The molecule has 3 fully saturated rings. The molecule has 1 aromatic carbocycles. The second-order valence-corrected chi connectivity index (χ2v) is 19.8. The van der Waals surface area contributed by atoms with Crippen molar-refractivity contribution in [3.8, 4) is 0 Å². The quantitative estimate of drug-likeness (QED) is 0.0883. The van der Waals surface area contributed by atoms with Crippen molar-refractivity contribution in [3.63, 3.8) is 0 Å². The van der Waals surface area contributed by atoms with E-state index in [2.05, 4.69) is 49.0 Å². The fourth-order valence-electron chi connectivity index (χ4n) is 8.24. The van der Waals surface area contributed by atoms with E-state index in [9.17, 15) is 14.7 Å². The molecule has 1 unspecified atom stereocenters. The number of esters is 2. The Bertz CT molecular complexity index is 959. The van der Waals surface area contributed by atoms with Crippen LogP contribution < -0.4 is 5.19 Å². The van der Waals surface area contributed by atoms with Crippen LogP contribution in [0.5, 0.6) is 0 Å². The molecule has 6 heteroatoms. The molecular formula is C37H60O5Si. The van der Waals surface area contributed by atoms with Crippen molar-refractivity contribution in [3.05, 3.63) is 29.8 Å². The second-order valence-electron chi connectivity index (χ2n) is 15.0. The lowest BCUT2D eigenvalue weighted by atomic mass is 9.68. The van der Waals surface area contributed by atoms with Gasteiger partial charge in [-0.05, 0) is 74.2 Å². The summed E-state index contributed by atoms with van der Waals surface area (Å²) in [6.07, 6.45) is 19.7. The van der Waals surface area contributed by atoms with Crippen LogP contribution in [0.4, 0.5) is 0 Å². The molecule has 0 radical (unpaired) electrons. The highest BCUT2D eigenvalue weighted by atomic mass is 28.3. The van der Waals surface area contributed by atoms with E-state index < -0.39 is 20.0 Å². The molecule has 242 valence electrons. The van der Waals surface area contributed by atoms with E-state index in [1.807, 2.05) is 0 Å². The summed E-state index contributed by atoms with van der Waals surface area (Å²) in [6.45, 7) is 8.19. The Kier molecular flexibility index (Phi) is 13.8. The fraction of sp³-hybridized carbons (Fsp3) is 0.784. The zero-order valence-corrected chi connectivity index (χ0v) is 28.5. The van der Waals surface area contributed by atoms with Gasteiger partial charge in [0.05, 0.1) is 34.1 Å². The average molecular weight is 613 g/mol. The van der Waals surface area contributed by atoms with Gasteiger partial charge < -0.3 is 14.6 Å². The van der Waals surface area contributed by atoms with Crippen LogP contribution in [-0.2, 0) is 19.1 Å². The molecule has 3 aliphatic rings. The summed E-state index contributed by atoms with van der Waals surface area (Å²) in [7, 11) is -1.57.